The summed E-state index contributed by atoms with van der Waals surface area (Å²) in [5.74, 6) is -7.43. The molecule has 2 aliphatic heterocycles. The number of phenolic OH excluding ortho intramolecular Hbond substituents is 1. The third-order valence-corrected chi connectivity index (χ3v) is 11.9. The van der Waals surface area contributed by atoms with Gasteiger partial charge in [0.2, 0.25) is 41.4 Å². The Morgan fingerprint density at radius 1 is 1.02 bits per heavy atom. The average molecular weight is 873 g/mol. The van der Waals surface area contributed by atoms with Gasteiger partial charge in [0, 0.05) is 24.5 Å². The van der Waals surface area contributed by atoms with Crippen LogP contribution in [-0.2, 0) is 49.6 Å². The molecule has 1 aromatic heterocycles. The molecule has 3 heterocycles. The van der Waals surface area contributed by atoms with E-state index in [4.69, 9.17) is 5.73 Å². The van der Waals surface area contributed by atoms with Crippen LogP contribution in [0, 0.1) is 11.8 Å². The minimum Gasteiger partial charge on any atom is -0.508 e. The molecule has 6 unspecified atom stereocenters. The quantitative estimate of drug-likeness (QED) is 0.0867. The van der Waals surface area contributed by atoms with Gasteiger partial charge in [-0.05, 0) is 62.4 Å². The van der Waals surface area contributed by atoms with E-state index in [2.05, 4.69) is 42.2 Å². The number of aromatic nitrogens is 1. The number of benzene rings is 1. The van der Waals surface area contributed by atoms with Crippen molar-refractivity contribution in [2.75, 3.05) is 33.3 Å². The number of aliphatic hydroxyl groups is 1. The minimum absolute atomic E-state index is 0.118. The monoisotopic (exact) mass is 872 g/mol. The standard InChI is InChI=1S/C39H56N10O11S/c1-5-19(2)31-35(58)42-17-30(55)47-39(37(60)43-21(18-51)13-28(40)53)61-38-24(23-9-8-22(52)14-25(23)45-38)15-26(33(56)41-16-29(54)46-31)44-36(59)32(20(3)10-12-50)48-34(57)27-7-6-11-49(27)4/h8-9,14,18-21,26-27,31-32,39,45,50,52H,5-7,10-13,15-17H2,1-4H3,(H2,40,53)(H,41,56)(H,42,58)(H,43,60)(H,44,59)(H,46,54)(H,47,55)(H,48,57)/t19-,20?,21?,26-,27?,31?,32?,39?/m0/s1. The maximum atomic E-state index is 14.3. The lowest BCUT2D eigenvalue weighted by molar-refractivity contribution is -0.135. The second kappa shape index (κ2) is 22.2. The molecule has 8 atom stereocenters. The molecule has 0 radical (unpaired) electrons. The van der Waals surface area contributed by atoms with E-state index in [1.165, 1.54) is 18.2 Å². The van der Waals surface area contributed by atoms with Gasteiger partial charge < -0.3 is 62.9 Å². The number of aldehydes is 1. The van der Waals surface area contributed by atoms with Crippen LogP contribution >= 0.6 is 11.8 Å². The molecule has 0 bridgehead atoms. The van der Waals surface area contributed by atoms with Crippen LogP contribution < -0.4 is 43.0 Å². The maximum absolute atomic E-state index is 14.3. The van der Waals surface area contributed by atoms with E-state index in [0.29, 0.717) is 53.9 Å². The number of amides is 8. The summed E-state index contributed by atoms with van der Waals surface area (Å²) in [4.78, 5) is 124. The SMILES string of the molecule is CC[C@H](C)C1NC(=O)CNC(=O)[C@@H](NC(=O)C(NC(=O)C2CCCN2C)C(C)CCO)Cc2c([nH]c3cc(O)ccc23)SC(C(=O)NC(C=O)CC(N)=O)NC(=O)CNC1=O. The van der Waals surface area contributed by atoms with E-state index in [1.54, 1.807) is 27.8 Å². The topological polar surface area (TPSA) is 323 Å². The maximum Gasteiger partial charge on any atom is 0.254 e. The highest BCUT2D eigenvalue weighted by Crippen LogP contribution is 2.34. The van der Waals surface area contributed by atoms with Crippen molar-refractivity contribution in [2.45, 2.75) is 99.9 Å². The number of primary amides is 1. The normalized spacial score (nSPS) is 22.8. The summed E-state index contributed by atoms with van der Waals surface area (Å²) in [7, 11) is 1.79. The van der Waals surface area contributed by atoms with Gasteiger partial charge in [-0.2, -0.15) is 0 Å². The highest BCUT2D eigenvalue weighted by atomic mass is 32.2. The molecular weight excluding hydrogens is 817 g/mol. The van der Waals surface area contributed by atoms with E-state index in [1.807, 2.05) is 4.90 Å². The Balaban J connectivity index is 1.81. The Labute approximate surface area is 356 Å². The number of aromatic hydroxyl groups is 1. The number of carbonyl (C=O) groups is 9. The van der Waals surface area contributed by atoms with E-state index in [9.17, 15) is 53.4 Å². The third-order valence-electron chi connectivity index (χ3n) is 10.8. The van der Waals surface area contributed by atoms with E-state index >= 15 is 0 Å². The number of phenols is 1. The second-order valence-corrected chi connectivity index (χ2v) is 16.5. The first-order chi connectivity index (χ1) is 28.9. The van der Waals surface area contributed by atoms with E-state index in [0.717, 1.165) is 6.42 Å². The van der Waals surface area contributed by atoms with Crippen molar-refractivity contribution in [1.82, 2.24) is 47.1 Å². The van der Waals surface area contributed by atoms with Gasteiger partial charge >= 0.3 is 0 Å². The molecule has 2 aromatic rings. The largest absolute Gasteiger partial charge is 0.508 e. The van der Waals surface area contributed by atoms with Gasteiger partial charge in [-0.3, -0.25) is 43.3 Å². The predicted octanol–water partition coefficient (Wildman–Crippen LogP) is -2.63. The molecule has 1 aromatic carbocycles. The van der Waals surface area contributed by atoms with Gasteiger partial charge in [-0.25, -0.2) is 0 Å². The fourth-order valence-corrected chi connectivity index (χ4v) is 8.20. The molecular formula is C39H56N10O11S. The van der Waals surface area contributed by atoms with Crippen LogP contribution in [0.25, 0.3) is 10.9 Å². The number of aliphatic hydroxyl groups excluding tert-OH is 1. The highest BCUT2D eigenvalue weighted by Gasteiger charge is 2.36. The third kappa shape index (κ3) is 13.1. The van der Waals surface area contributed by atoms with Crippen LogP contribution in [0.15, 0.2) is 23.2 Å². The van der Waals surface area contributed by atoms with Crippen LogP contribution in [0.1, 0.15) is 58.4 Å². The molecule has 8 amide bonds. The summed E-state index contributed by atoms with van der Waals surface area (Å²) < 4.78 is 0. The highest BCUT2D eigenvalue weighted by molar-refractivity contribution is 8.00. The molecule has 0 spiro atoms. The number of hydrogen-bond acceptors (Lipinski definition) is 13. The lowest BCUT2D eigenvalue weighted by Gasteiger charge is -2.29. The summed E-state index contributed by atoms with van der Waals surface area (Å²) in [5.41, 5.74) is 5.87. The van der Waals surface area contributed by atoms with Crippen molar-refractivity contribution in [1.29, 1.82) is 0 Å². The Hall–Kier alpha value is -5.74. The first kappa shape index (κ1) is 47.9. The molecule has 22 heteroatoms. The number of carbonyl (C=O) groups excluding carboxylic acids is 9. The number of nitrogens with two attached hydrogens (primary N) is 1. The lowest BCUT2D eigenvalue weighted by Crippen LogP contribution is -2.59. The summed E-state index contributed by atoms with van der Waals surface area (Å²) in [6, 6.07) is -1.48. The number of hydrogen-bond donors (Lipinski definition) is 11. The predicted molar refractivity (Wildman–Crippen MR) is 221 cm³/mol. The number of nitrogens with one attached hydrogen (secondary N) is 8. The number of thioether (sulfide) groups is 1. The van der Waals surface area contributed by atoms with Crippen molar-refractivity contribution >= 4 is 76.2 Å². The Kier molecular flexibility index (Phi) is 17.4. The number of likely N-dealkylation sites (N-methyl/N-ethyl adjacent to an activating group) is 1. The molecule has 0 saturated carbocycles. The van der Waals surface area contributed by atoms with Gasteiger partial charge in [0.1, 0.15) is 30.2 Å². The lowest BCUT2D eigenvalue weighted by atomic mass is 9.96. The van der Waals surface area contributed by atoms with Crippen LogP contribution in [0.5, 0.6) is 5.75 Å². The van der Waals surface area contributed by atoms with Crippen molar-refractivity contribution < 1.29 is 53.4 Å². The summed E-state index contributed by atoms with van der Waals surface area (Å²) in [6.07, 6.45) is 1.30. The first-order valence-electron chi connectivity index (χ1n) is 20.1. The Bertz CT molecular complexity index is 1980. The average Bonchev–Trinajstić information content (AvgIpc) is 3.80. The minimum atomic E-state index is -1.57. The van der Waals surface area contributed by atoms with Crippen LogP contribution in [0.4, 0.5) is 0 Å². The Morgan fingerprint density at radius 2 is 1.70 bits per heavy atom. The number of H-pyrrole nitrogens is 1. The van der Waals surface area contributed by atoms with Crippen LogP contribution in [0.2, 0.25) is 0 Å². The van der Waals surface area contributed by atoms with Crippen molar-refractivity contribution in [3.63, 3.8) is 0 Å². The number of rotatable bonds is 14. The number of nitrogens with zero attached hydrogens (tertiary/aromatic N) is 1. The fourth-order valence-electron chi connectivity index (χ4n) is 7.09. The second-order valence-electron chi connectivity index (χ2n) is 15.4. The van der Waals surface area contributed by atoms with Gasteiger partial charge in [0.25, 0.3) is 5.91 Å². The Morgan fingerprint density at radius 3 is 2.33 bits per heavy atom. The van der Waals surface area contributed by atoms with E-state index in [-0.39, 0.29) is 30.2 Å². The molecule has 4 rings (SSSR count). The molecule has 2 aliphatic rings. The van der Waals surface area contributed by atoms with Gasteiger partial charge in [0.05, 0.1) is 42.1 Å². The summed E-state index contributed by atoms with van der Waals surface area (Å²) in [5, 5.41) is 37.1. The van der Waals surface area contributed by atoms with Crippen molar-refractivity contribution in [3.05, 3.63) is 23.8 Å². The van der Waals surface area contributed by atoms with Crippen LogP contribution in [-0.4, -0.2) is 143 Å². The molecule has 0 aliphatic carbocycles. The van der Waals surface area contributed by atoms with Crippen molar-refractivity contribution in [2.24, 2.45) is 17.6 Å². The zero-order chi connectivity index (χ0) is 45.0. The molecule has 334 valence electrons. The van der Waals surface area contributed by atoms with Crippen LogP contribution in [0.3, 0.4) is 0 Å². The summed E-state index contributed by atoms with van der Waals surface area (Å²) in [6.45, 7) is 4.24. The number of aromatic amines is 1. The zero-order valence-electron chi connectivity index (χ0n) is 34.5. The molecule has 61 heavy (non-hydrogen) atoms. The molecule has 21 nitrogen and oxygen atoms in total. The zero-order valence-corrected chi connectivity index (χ0v) is 35.3. The van der Waals surface area contributed by atoms with Gasteiger partial charge in [0.15, 0.2) is 5.37 Å². The fraction of sp³-hybridized carbons (Fsp3) is 0.564. The van der Waals surface area contributed by atoms with Gasteiger partial charge in [-0.1, -0.05) is 39.0 Å². The van der Waals surface area contributed by atoms with E-state index < -0.39 is 114 Å². The molecule has 1 saturated heterocycles. The smallest absolute Gasteiger partial charge is 0.254 e. The number of fused-ring (bicyclic) bond motifs is 3. The van der Waals surface area contributed by atoms with Gasteiger partial charge in [-0.15, -0.1) is 0 Å². The summed E-state index contributed by atoms with van der Waals surface area (Å²) >= 11 is 0.717. The molecule has 12 N–H and O–H groups in total. The first-order valence-corrected chi connectivity index (χ1v) is 20.9. The number of likely N-dealkylation sites (tertiary alicyclic amines) is 1. The van der Waals surface area contributed by atoms with Crippen molar-refractivity contribution in [3.8, 4) is 5.75 Å². The molecule has 1 fully saturated rings.